The molecule has 0 bridgehead atoms. The van der Waals surface area contributed by atoms with Crippen molar-refractivity contribution in [2.24, 2.45) is 0 Å². The van der Waals surface area contributed by atoms with Crippen LogP contribution in [0.1, 0.15) is 10.4 Å². The summed E-state index contributed by atoms with van der Waals surface area (Å²) in [5, 5.41) is 2.58. The van der Waals surface area contributed by atoms with E-state index in [4.69, 9.17) is 5.73 Å². The van der Waals surface area contributed by atoms with E-state index in [1.165, 1.54) is 0 Å². The van der Waals surface area contributed by atoms with Gasteiger partial charge in [-0.2, -0.15) is 0 Å². The lowest BCUT2D eigenvalue weighted by molar-refractivity contribution is 0.0963. The molecule has 0 aliphatic rings. The zero-order chi connectivity index (χ0) is 13.8. The highest BCUT2D eigenvalue weighted by Gasteiger charge is 2.07. The van der Waals surface area contributed by atoms with Crippen LogP contribution in [0, 0.1) is 0 Å². The second-order valence-corrected chi connectivity index (χ2v) is 5.92. The fourth-order valence-corrected chi connectivity index (χ4v) is 3.03. The van der Waals surface area contributed by atoms with Gasteiger partial charge in [0.25, 0.3) is 5.91 Å². The molecule has 0 unspecified atom stereocenters. The van der Waals surface area contributed by atoms with Gasteiger partial charge in [0.05, 0.1) is 0 Å². The zero-order valence-electron chi connectivity index (χ0n) is 10.3. The van der Waals surface area contributed by atoms with Crippen molar-refractivity contribution in [3.63, 3.8) is 0 Å². The number of nitrogens with two attached hydrogens (primary N) is 1. The third-order valence-electron chi connectivity index (χ3n) is 2.52. The lowest BCUT2D eigenvalue weighted by Crippen LogP contribution is -2.17. The molecule has 0 fully saturated rings. The molecule has 2 rings (SSSR count). The normalized spacial score (nSPS) is 10.2. The number of nitrogen functional groups attached to an aromatic ring is 1. The van der Waals surface area contributed by atoms with Gasteiger partial charge in [0, 0.05) is 32.6 Å². The second kappa shape index (κ2) is 6.12. The number of hydrogen-bond donors (Lipinski definition) is 2. The highest BCUT2D eigenvalue weighted by molar-refractivity contribution is 9.10. The molecule has 0 spiro atoms. The number of carbonyl (C=O) groups excluding carboxylic acids is 1. The Bertz CT molecular complexity index is 616. The van der Waals surface area contributed by atoms with E-state index in [9.17, 15) is 4.79 Å². The summed E-state index contributed by atoms with van der Waals surface area (Å²) >= 11 is 5.01. The largest absolute Gasteiger partial charge is 0.398 e. The highest BCUT2D eigenvalue weighted by atomic mass is 79.9. The zero-order valence-corrected chi connectivity index (χ0v) is 12.7. The Morgan fingerprint density at radius 2 is 2.05 bits per heavy atom. The minimum absolute atomic E-state index is 0.134. The number of benzene rings is 2. The van der Waals surface area contributed by atoms with Crippen molar-refractivity contribution in [2.75, 3.05) is 12.8 Å². The molecule has 0 atom stereocenters. The molecular weight excluding hydrogens is 324 g/mol. The minimum atomic E-state index is -0.134. The summed E-state index contributed by atoms with van der Waals surface area (Å²) in [6, 6.07) is 13.3. The predicted molar refractivity (Wildman–Crippen MR) is 82.5 cm³/mol. The van der Waals surface area contributed by atoms with Crippen molar-refractivity contribution in [1.82, 2.24) is 5.32 Å². The fourth-order valence-electron chi connectivity index (χ4n) is 1.58. The smallest absolute Gasteiger partial charge is 0.251 e. The van der Waals surface area contributed by atoms with Crippen molar-refractivity contribution in [2.45, 2.75) is 9.79 Å². The van der Waals surface area contributed by atoms with Crippen LogP contribution in [-0.4, -0.2) is 13.0 Å². The molecular formula is C14H13BrN2OS. The number of halogens is 1. The lowest BCUT2D eigenvalue weighted by atomic mass is 10.2. The van der Waals surface area contributed by atoms with Gasteiger partial charge >= 0.3 is 0 Å². The first-order valence-electron chi connectivity index (χ1n) is 5.65. The number of rotatable bonds is 3. The van der Waals surface area contributed by atoms with Crippen LogP contribution in [0.4, 0.5) is 5.69 Å². The van der Waals surface area contributed by atoms with Crippen LogP contribution in [0.3, 0.4) is 0 Å². The number of carbonyl (C=O) groups is 1. The van der Waals surface area contributed by atoms with E-state index < -0.39 is 0 Å². The number of hydrogen-bond acceptors (Lipinski definition) is 3. The summed E-state index contributed by atoms with van der Waals surface area (Å²) in [6.45, 7) is 0. The van der Waals surface area contributed by atoms with E-state index >= 15 is 0 Å². The van der Waals surface area contributed by atoms with Crippen LogP contribution < -0.4 is 11.1 Å². The molecule has 0 saturated carbocycles. The maximum atomic E-state index is 11.5. The van der Waals surface area contributed by atoms with Gasteiger partial charge in [-0.25, -0.2) is 0 Å². The van der Waals surface area contributed by atoms with Crippen molar-refractivity contribution in [3.8, 4) is 0 Å². The van der Waals surface area contributed by atoms with E-state index in [0.29, 0.717) is 11.3 Å². The molecule has 5 heteroatoms. The third kappa shape index (κ3) is 3.52. The summed E-state index contributed by atoms with van der Waals surface area (Å²) < 4.78 is 1.03. The topological polar surface area (TPSA) is 55.1 Å². The van der Waals surface area contributed by atoms with Gasteiger partial charge in [-0.05, 0) is 36.4 Å². The molecule has 2 aromatic carbocycles. The van der Waals surface area contributed by atoms with Gasteiger partial charge in [-0.3, -0.25) is 4.79 Å². The first-order valence-corrected chi connectivity index (χ1v) is 7.26. The summed E-state index contributed by atoms with van der Waals surface area (Å²) in [6.07, 6.45) is 0. The second-order valence-electron chi connectivity index (χ2n) is 3.89. The van der Waals surface area contributed by atoms with Crippen LogP contribution >= 0.6 is 27.7 Å². The van der Waals surface area contributed by atoms with Gasteiger partial charge in [0.15, 0.2) is 0 Å². The molecule has 0 aliphatic heterocycles. The summed E-state index contributed by atoms with van der Waals surface area (Å²) in [5.41, 5.74) is 7.16. The standard InChI is InChI=1S/C14H13BrN2OS/c1-17-14(18)9-5-6-13(12(16)7-9)19-11-4-2-3-10(15)8-11/h2-8H,16H2,1H3,(H,17,18). The van der Waals surface area contributed by atoms with Crippen molar-refractivity contribution in [3.05, 3.63) is 52.5 Å². The lowest BCUT2D eigenvalue weighted by Gasteiger charge is -2.08. The summed E-state index contributed by atoms with van der Waals surface area (Å²) in [7, 11) is 1.60. The Kier molecular flexibility index (Phi) is 4.50. The van der Waals surface area contributed by atoms with Crippen LogP contribution in [0.15, 0.2) is 56.7 Å². The maximum Gasteiger partial charge on any atom is 0.251 e. The van der Waals surface area contributed by atoms with Crippen molar-refractivity contribution >= 4 is 39.3 Å². The first-order chi connectivity index (χ1) is 9.10. The maximum absolute atomic E-state index is 11.5. The Labute approximate surface area is 124 Å². The van der Waals surface area contributed by atoms with E-state index in [1.807, 2.05) is 30.3 Å². The SMILES string of the molecule is CNC(=O)c1ccc(Sc2cccc(Br)c2)c(N)c1. The molecule has 0 aromatic heterocycles. The molecule has 0 aliphatic carbocycles. The van der Waals surface area contributed by atoms with E-state index in [2.05, 4.69) is 21.2 Å². The Morgan fingerprint density at radius 3 is 2.68 bits per heavy atom. The third-order valence-corrected chi connectivity index (χ3v) is 4.10. The van der Waals surface area contributed by atoms with Crippen molar-refractivity contribution < 1.29 is 4.79 Å². The molecule has 19 heavy (non-hydrogen) atoms. The Morgan fingerprint density at radius 1 is 1.26 bits per heavy atom. The van der Waals surface area contributed by atoms with Gasteiger partial charge < -0.3 is 11.1 Å². The molecule has 0 radical (unpaired) electrons. The van der Waals surface area contributed by atoms with Gasteiger partial charge in [-0.1, -0.05) is 33.8 Å². The summed E-state index contributed by atoms with van der Waals surface area (Å²) in [5.74, 6) is -0.134. The number of anilines is 1. The van der Waals surface area contributed by atoms with Crippen LogP contribution in [0.2, 0.25) is 0 Å². The van der Waals surface area contributed by atoms with Gasteiger partial charge in [0.1, 0.15) is 0 Å². The van der Waals surface area contributed by atoms with Crippen LogP contribution in [0.5, 0.6) is 0 Å². The Balaban J connectivity index is 2.24. The molecule has 1 amide bonds. The molecule has 0 heterocycles. The monoisotopic (exact) mass is 336 g/mol. The van der Waals surface area contributed by atoms with Crippen LogP contribution in [-0.2, 0) is 0 Å². The minimum Gasteiger partial charge on any atom is -0.398 e. The fraction of sp³-hybridized carbons (Fsp3) is 0.0714. The number of amides is 1. The van der Waals surface area contributed by atoms with E-state index in [0.717, 1.165) is 14.3 Å². The summed E-state index contributed by atoms with van der Waals surface area (Å²) in [4.78, 5) is 13.5. The van der Waals surface area contributed by atoms with Crippen molar-refractivity contribution in [1.29, 1.82) is 0 Å². The Hall–Kier alpha value is -1.46. The van der Waals surface area contributed by atoms with Crippen LogP contribution in [0.25, 0.3) is 0 Å². The van der Waals surface area contributed by atoms with E-state index in [1.54, 1.807) is 30.9 Å². The van der Waals surface area contributed by atoms with Gasteiger partial charge in [0.2, 0.25) is 0 Å². The molecule has 98 valence electrons. The van der Waals surface area contributed by atoms with E-state index in [-0.39, 0.29) is 5.91 Å². The predicted octanol–water partition coefficient (Wildman–Crippen LogP) is 3.54. The average Bonchev–Trinajstić information content (AvgIpc) is 2.40. The number of nitrogens with one attached hydrogen (secondary N) is 1. The first kappa shape index (κ1) is 14.0. The molecule has 0 saturated heterocycles. The molecule has 3 N–H and O–H groups in total. The highest BCUT2D eigenvalue weighted by Crippen LogP contribution is 2.33. The van der Waals surface area contributed by atoms with Gasteiger partial charge in [-0.15, -0.1) is 0 Å². The average molecular weight is 337 g/mol. The molecule has 2 aromatic rings. The molecule has 3 nitrogen and oxygen atoms in total. The quantitative estimate of drug-likeness (QED) is 0.843.